The molecule has 0 aliphatic rings. The van der Waals surface area contributed by atoms with Crippen molar-refractivity contribution in [3.05, 3.63) is 39.7 Å². The molecule has 7 heteroatoms. The van der Waals surface area contributed by atoms with Crippen LogP contribution in [-0.4, -0.2) is 10.8 Å². The average molecular weight is 470 g/mol. The Morgan fingerprint density at radius 3 is 2.41 bits per heavy atom. The normalized spacial score (nSPS) is 9.64. The van der Waals surface area contributed by atoms with Crippen molar-refractivity contribution < 1.29 is 26.3 Å². The largest absolute Gasteiger partial charge is 1.00 e. The zero-order valence-corrected chi connectivity index (χ0v) is 18.1. The lowest BCUT2D eigenvalue weighted by Crippen LogP contribution is -3.00. The molecule has 0 unspecified atom stereocenters. The predicted octanol–water partition coefficient (Wildman–Crippen LogP) is 1.33. The van der Waals surface area contributed by atoms with Gasteiger partial charge in [-0.15, -0.1) is 28.3 Å². The molecule has 0 radical (unpaired) electrons. The second-order valence-corrected chi connectivity index (χ2v) is 7.02. The fourth-order valence-electron chi connectivity index (χ4n) is 1.26. The molecule has 0 atom stereocenters. The summed E-state index contributed by atoms with van der Waals surface area (Å²) in [5, 5.41) is 1.97. The summed E-state index contributed by atoms with van der Waals surface area (Å²) in [4.78, 5) is 16.7. The molecule has 0 fully saturated rings. The predicted molar refractivity (Wildman–Crippen MR) is 96.2 cm³/mol. The van der Waals surface area contributed by atoms with E-state index in [0.717, 1.165) is 5.69 Å². The molecular weight excluding hydrogens is 448 g/mol. The highest BCUT2D eigenvalue weighted by Crippen LogP contribution is 2.14. The van der Waals surface area contributed by atoms with Crippen molar-refractivity contribution in [1.29, 1.82) is 0 Å². The molecule has 0 bridgehead atoms. The lowest BCUT2D eigenvalue weighted by atomic mass is 9.91. The van der Waals surface area contributed by atoms with Gasteiger partial charge in [-0.3, -0.25) is 4.79 Å². The van der Waals surface area contributed by atoms with Crippen LogP contribution < -0.4 is 21.5 Å². The van der Waals surface area contributed by atoms with Crippen molar-refractivity contribution in [2.24, 2.45) is 5.41 Å². The van der Waals surface area contributed by atoms with Gasteiger partial charge in [0.25, 0.3) is 0 Å². The van der Waals surface area contributed by atoms with Crippen LogP contribution in [0, 0.1) is 12.3 Å². The molecule has 0 aliphatic heterocycles. The van der Waals surface area contributed by atoms with Crippen molar-refractivity contribution in [2.45, 2.75) is 34.2 Å². The van der Waals surface area contributed by atoms with Gasteiger partial charge in [-0.05, 0) is 6.92 Å². The SMILES string of the molecule is Br.C=Cc1scnc1C.CC(C)(C)C(=O)C[n+]1ccsc1.[Br-]. The minimum atomic E-state index is -0.227. The fourth-order valence-corrected chi connectivity index (χ4v) is 2.50. The lowest BCUT2D eigenvalue weighted by molar-refractivity contribution is -0.680. The Morgan fingerprint density at radius 2 is 2.09 bits per heavy atom. The number of halogens is 2. The van der Waals surface area contributed by atoms with Gasteiger partial charge in [0.1, 0.15) is 0 Å². The molecule has 2 heterocycles. The number of ketones is 1. The monoisotopic (exact) mass is 468 g/mol. The first-order valence-corrected chi connectivity index (χ1v) is 8.14. The Bertz CT molecular complexity index is 560. The van der Waals surface area contributed by atoms with Gasteiger partial charge in [-0.1, -0.05) is 44.8 Å². The topological polar surface area (TPSA) is 33.8 Å². The summed E-state index contributed by atoms with van der Waals surface area (Å²) in [5.74, 6) is 0.269. The first-order valence-electron chi connectivity index (χ1n) is 6.31. The zero-order chi connectivity index (χ0) is 15.2. The van der Waals surface area contributed by atoms with Gasteiger partial charge in [0.15, 0.2) is 6.20 Å². The van der Waals surface area contributed by atoms with Crippen molar-refractivity contribution in [2.75, 3.05) is 0 Å². The van der Waals surface area contributed by atoms with Crippen LogP contribution in [0.2, 0.25) is 0 Å². The number of aromatic nitrogens is 2. The molecule has 0 spiro atoms. The zero-order valence-electron chi connectivity index (χ0n) is 13.2. The molecule has 0 saturated heterocycles. The molecular formula is C15H22Br2N2OS2. The number of hydrogen-bond acceptors (Lipinski definition) is 4. The van der Waals surface area contributed by atoms with Crippen LogP contribution in [-0.2, 0) is 11.3 Å². The van der Waals surface area contributed by atoms with Gasteiger partial charge in [-0.25, -0.2) is 4.98 Å². The number of carbonyl (C=O) groups excluding carboxylic acids is 1. The van der Waals surface area contributed by atoms with Gasteiger partial charge < -0.3 is 17.0 Å². The van der Waals surface area contributed by atoms with Crippen molar-refractivity contribution >= 4 is 51.5 Å². The average Bonchev–Trinajstić information content (AvgIpc) is 3.00. The molecule has 3 nitrogen and oxygen atoms in total. The van der Waals surface area contributed by atoms with E-state index in [0.29, 0.717) is 6.54 Å². The van der Waals surface area contributed by atoms with E-state index in [1.165, 1.54) is 4.88 Å². The molecule has 0 aliphatic carbocycles. The second-order valence-electron chi connectivity index (χ2n) is 5.38. The van der Waals surface area contributed by atoms with Crippen molar-refractivity contribution in [3.63, 3.8) is 0 Å². The molecule has 0 aromatic carbocycles. The Balaban J connectivity index is 0. The van der Waals surface area contributed by atoms with E-state index in [2.05, 4.69) is 11.6 Å². The van der Waals surface area contributed by atoms with Crippen LogP contribution in [0.15, 0.2) is 29.2 Å². The number of aryl methyl sites for hydroxylation is 1. The van der Waals surface area contributed by atoms with Gasteiger partial charge in [0.05, 0.1) is 16.6 Å². The van der Waals surface area contributed by atoms with E-state index in [-0.39, 0.29) is 45.2 Å². The highest BCUT2D eigenvalue weighted by molar-refractivity contribution is 8.93. The Labute approximate surface area is 161 Å². The second kappa shape index (κ2) is 11.2. The van der Waals surface area contributed by atoms with E-state index in [1.807, 2.05) is 60.9 Å². The number of hydrogen-bond donors (Lipinski definition) is 0. The van der Waals surface area contributed by atoms with Gasteiger partial charge >= 0.3 is 0 Å². The summed E-state index contributed by atoms with van der Waals surface area (Å²) >= 11 is 3.22. The van der Waals surface area contributed by atoms with E-state index < -0.39 is 0 Å². The van der Waals surface area contributed by atoms with E-state index in [1.54, 1.807) is 22.7 Å². The molecule has 2 rings (SSSR count). The van der Waals surface area contributed by atoms with Crippen LogP contribution in [0.4, 0.5) is 0 Å². The molecule has 22 heavy (non-hydrogen) atoms. The van der Waals surface area contributed by atoms with E-state index in [9.17, 15) is 4.79 Å². The van der Waals surface area contributed by atoms with Crippen LogP contribution in [0.25, 0.3) is 6.08 Å². The third-order valence-corrected chi connectivity index (χ3v) is 4.26. The molecule has 2 aromatic rings. The highest BCUT2D eigenvalue weighted by Gasteiger charge is 2.24. The Kier molecular flexibility index (Phi) is 12.2. The first kappa shape index (κ1) is 23.9. The van der Waals surface area contributed by atoms with Crippen LogP contribution in [0.3, 0.4) is 0 Å². The minimum absolute atomic E-state index is 0. The van der Waals surface area contributed by atoms with Crippen LogP contribution in [0.1, 0.15) is 31.3 Å². The van der Waals surface area contributed by atoms with Gasteiger partial charge in [-0.2, -0.15) is 4.57 Å². The number of carbonyl (C=O) groups is 1. The Morgan fingerprint density at radius 1 is 1.45 bits per heavy atom. The van der Waals surface area contributed by atoms with Gasteiger partial charge in [0.2, 0.25) is 17.8 Å². The summed E-state index contributed by atoms with van der Waals surface area (Å²) in [5.41, 5.74) is 4.62. The Hall–Kier alpha value is -0.370. The third kappa shape index (κ3) is 8.31. The lowest BCUT2D eigenvalue weighted by Gasteiger charge is -2.12. The summed E-state index contributed by atoms with van der Waals surface area (Å²) in [6.45, 7) is 11.9. The van der Waals surface area contributed by atoms with Gasteiger partial charge in [0, 0.05) is 10.3 Å². The summed E-state index contributed by atoms with van der Waals surface area (Å²) < 4.78 is 1.91. The smallest absolute Gasteiger partial charge is 0.225 e. The third-order valence-electron chi connectivity index (χ3n) is 2.66. The van der Waals surface area contributed by atoms with Crippen molar-refractivity contribution in [1.82, 2.24) is 4.98 Å². The number of rotatable bonds is 3. The standard InChI is InChI=1S/C9H14NOS.C6H7NS.2BrH/c1-9(2,3)8(11)6-10-4-5-12-7-10;1-3-6-5(2)7-4-8-6;;/h4-5,7H,6H2,1-3H3;3-4H,1H2,2H3;2*1H/q+1;;;/p-1. The number of Topliss-reactive ketones (excluding diaryl/α,β-unsaturated/α-hetero) is 1. The maximum Gasteiger partial charge on any atom is 0.225 e. The number of thiazole rings is 2. The van der Waals surface area contributed by atoms with E-state index in [4.69, 9.17) is 0 Å². The van der Waals surface area contributed by atoms with Crippen LogP contribution >= 0.6 is 39.7 Å². The fraction of sp³-hybridized carbons (Fsp3) is 0.400. The summed E-state index contributed by atoms with van der Waals surface area (Å²) in [6, 6.07) is 0. The van der Waals surface area contributed by atoms with E-state index >= 15 is 0 Å². The maximum atomic E-state index is 11.5. The minimum Gasteiger partial charge on any atom is -1.00 e. The summed E-state index contributed by atoms with van der Waals surface area (Å²) in [6.07, 6.45) is 3.75. The van der Waals surface area contributed by atoms with Crippen LogP contribution in [0.5, 0.6) is 0 Å². The molecule has 0 saturated carbocycles. The quantitative estimate of drug-likeness (QED) is 0.635. The molecule has 0 N–H and O–H groups in total. The maximum absolute atomic E-state index is 11.5. The van der Waals surface area contributed by atoms with Crippen molar-refractivity contribution in [3.8, 4) is 0 Å². The molecule has 0 amide bonds. The first-order chi connectivity index (χ1) is 9.34. The molecule has 2 aromatic heterocycles. The number of nitrogens with zero attached hydrogens (tertiary/aromatic N) is 2. The highest BCUT2D eigenvalue weighted by atomic mass is 79.9. The summed E-state index contributed by atoms with van der Waals surface area (Å²) in [7, 11) is 0. The molecule has 124 valence electrons.